The monoisotopic (exact) mass is 1730 g/mol. The van der Waals surface area contributed by atoms with Crippen LogP contribution < -0.4 is 46.3 Å². The molecular formula is C72H53ClF17N15NaO14-. The fraction of sp³-hybridized carbons (Fsp3) is 0.139. The molecule has 48 heteroatoms. The Hall–Kier alpha value is -13.8. The van der Waals surface area contributed by atoms with Crippen molar-refractivity contribution < 1.29 is 172 Å². The van der Waals surface area contributed by atoms with E-state index in [1.165, 1.54) is 116 Å². The first-order valence-corrected chi connectivity index (χ1v) is 32.4. The Morgan fingerprint density at radius 2 is 1.01 bits per heavy atom. The van der Waals surface area contributed by atoms with Crippen molar-refractivity contribution in [2.24, 2.45) is 10.9 Å². The Labute approximate surface area is 689 Å². The Bertz CT molecular complexity index is 5440. The molecule has 0 radical (unpaired) electrons. The molecule has 0 aliphatic carbocycles. The fourth-order valence-corrected chi connectivity index (χ4v) is 8.64. The molecule has 12 aromatic rings. The summed E-state index contributed by atoms with van der Waals surface area (Å²) in [6, 6.07) is 32.3. The first-order chi connectivity index (χ1) is 55.6. The number of nitrogens with one attached hydrogen (secondary N) is 1. The van der Waals surface area contributed by atoms with Crippen LogP contribution in [0.3, 0.4) is 0 Å². The van der Waals surface area contributed by atoms with Gasteiger partial charge in [0.2, 0.25) is 11.6 Å². The Morgan fingerprint density at radius 3 is 1.38 bits per heavy atom. The number of hydrogen-bond donors (Lipinski definition) is 5. The molecule has 0 saturated heterocycles. The molecule has 12 rings (SSSR count). The Kier molecular flexibility index (Phi) is 39.7. The van der Waals surface area contributed by atoms with Crippen molar-refractivity contribution in [3.8, 4) is 40.2 Å². The van der Waals surface area contributed by atoms with Crippen molar-refractivity contribution in [2.75, 3.05) is 24.3 Å². The SMILES string of the molecule is CCOC(=O)C(=O)Cl.CCOC(=O)c1nc(-c2cccc(F)c2)no1.N#Cc1cccc(F)c1.N/C(=N\O)c1cccc(F)c1.Nc1cnn(Cc2ccc(C(F)(F)F)cc2C(F)(F)F)c1.O=C(Nc1cnn(Cc2ccc(C(F)(F)F)cc2C(F)(F)F)c1)c1nc(-c2cccc(F)c2)no1.O=CO.O=[C-]c1nc(-c2cccc(F)c2)no1.[Na+].[OH-]. The standard InChI is InChI=1S/C21H12F7N5O2.C12H9F6N3.C11H9FN2O3.C9H4FN2O2.C7H7FN2O.C7H4FN.C4H5ClO3.CH2O2.Na.H2O/c22-14-3-1-2-11(6-14)17-31-19(35-32-17)18(34)30-15-8-29-33(10-15)9-12-4-5-13(20(23,24)25)7-16(12)21(26,27)28;13-11(14,15)8-2-1-7(10(3-8)12(16,17)18)5-21-6-9(19)4-20-21;1-2-16-11(15)10-13-9(14-17-10)7-4-3-5-8(12)6-7;10-7-3-1-2-6(4-7)9-11-8(5-13)14-12-9;8-6-3-1-2-5(4-6)7(9)10-11;8-7-3-1-2-6(4-7)5-9;1-2-8-4(7)3(5)6;2-1-3;;/h1-8,10H,9H2,(H,30,34);1-4,6H,5,19H2;3-6H,2H2,1H3;1-4H;1-4,11H,(H2,9,10);1-4H;2H2,1H3;1H,(H,2,3);;1H2/q;;;-1;;;;;+1;/p-1. The minimum Gasteiger partial charge on any atom is -0.870 e. The number of aromatic nitrogens is 10. The molecule has 0 spiro atoms. The van der Waals surface area contributed by atoms with Crippen LogP contribution in [-0.4, -0.2) is 121 Å². The van der Waals surface area contributed by atoms with Gasteiger partial charge < -0.3 is 60.4 Å². The number of amidine groups is 1. The molecule has 628 valence electrons. The second-order valence-corrected chi connectivity index (χ2v) is 22.3. The van der Waals surface area contributed by atoms with Crippen LogP contribution in [0.2, 0.25) is 0 Å². The number of alkyl halides is 12. The molecule has 8 N–H and O–H groups in total. The van der Waals surface area contributed by atoms with Gasteiger partial charge in [-0.15, -0.1) is 0 Å². The summed E-state index contributed by atoms with van der Waals surface area (Å²) >= 11 is 4.69. The van der Waals surface area contributed by atoms with Crippen LogP contribution in [0.15, 0.2) is 201 Å². The van der Waals surface area contributed by atoms with Gasteiger partial charge in [0.25, 0.3) is 6.47 Å². The van der Waals surface area contributed by atoms with Crippen molar-refractivity contribution in [3.63, 3.8) is 0 Å². The summed E-state index contributed by atoms with van der Waals surface area (Å²) in [5, 5.41) is 45.5. The number of amides is 1. The number of benzene rings is 7. The summed E-state index contributed by atoms with van der Waals surface area (Å²) < 4.78 is 244. The minimum absolute atomic E-state index is 0. The summed E-state index contributed by atoms with van der Waals surface area (Å²) in [7, 11) is 0. The van der Waals surface area contributed by atoms with E-state index in [4.69, 9.17) is 57.2 Å². The van der Waals surface area contributed by atoms with E-state index in [1.54, 1.807) is 38.1 Å². The number of hydrogen-bond acceptors (Lipinski definition) is 24. The predicted octanol–water partition coefficient (Wildman–Crippen LogP) is 11.8. The number of nitrogens with zero attached hydrogens (tertiary/aromatic N) is 12. The molecule has 5 aromatic heterocycles. The summed E-state index contributed by atoms with van der Waals surface area (Å²) in [5.74, 6) is -5.48. The van der Waals surface area contributed by atoms with E-state index in [9.17, 15) is 98.6 Å². The van der Waals surface area contributed by atoms with Crippen LogP contribution in [0, 0.1) is 40.4 Å². The number of nitrogens with two attached hydrogens (primary N) is 2. The van der Waals surface area contributed by atoms with Gasteiger partial charge >= 0.3 is 89.1 Å². The molecule has 5 heterocycles. The van der Waals surface area contributed by atoms with Crippen LogP contribution in [0.4, 0.5) is 86.0 Å². The van der Waals surface area contributed by atoms with Crippen LogP contribution in [-0.2, 0) is 66.4 Å². The molecular weight excluding hydrogens is 1680 g/mol. The fourth-order valence-electron chi connectivity index (χ4n) is 8.59. The van der Waals surface area contributed by atoms with Crippen molar-refractivity contribution in [2.45, 2.75) is 51.6 Å². The largest absolute Gasteiger partial charge is 1.00 e. The number of oxime groups is 1. The van der Waals surface area contributed by atoms with Crippen LogP contribution in [0.25, 0.3) is 34.2 Å². The van der Waals surface area contributed by atoms with Crippen molar-refractivity contribution in [3.05, 3.63) is 274 Å². The summed E-state index contributed by atoms with van der Waals surface area (Å²) in [6.45, 7) is 2.56. The van der Waals surface area contributed by atoms with E-state index in [-0.39, 0.29) is 137 Å². The zero-order chi connectivity index (χ0) is 87.7. The van der Waals surface area contributed by atoms with Gasteiger partial charge in [0.05, 0.1) is 84.0 Å². The molecule has 1 amide bonds. The van der Waals surface area contributed by atoms with E-state index in [2.05, 4.69) is 60.4 Å². The third-order valence-electron chi connectivity index (χ3n) is 13.6. The minimum atomic E-state index is -5.03. The maximum Gasteiger partial charge on any atom is 1.00 e. The van der Waals surface area contributed by atoms with Gasteiger partial charge in [0.1, 0.15) is 35.0 Å². The summed E-state index contributed by atoms with van der Waals surface area (Å²) in [4.78, 5) is 73.3. The smallest absolute Gasteiger partial charge is 0.870 e. The van der Waals surface area contributed by atoms with E-state index in [0.717, 1.165) is 33.8 Å². The van der Waals surface area contributed by atoms with Gasteiger partial charge in [-0.2, -0.15) is 84.4 Å². The van der Waals surface area contributed by atoms with Gasteiger partial charge in [-0.05, 0) is 128 Å². The van der Waals surface area contributed by atoms with Gasteiger partial charge in [0, 0.05) is 34.6 Å². The number of anilines is 2. The number of nitrogen functional groups attached to an aromatic ring is 1. The Morgan fingerprint density at radius 1 is 0.592 bits per heavy atom. The summed E-state index contributed by atoms with van der Waals surface area (Å²) in [6.07, 6.45) is -13.5. The maximum absolute atomic E-state index is 13.3. The van der Waals surface area contributed by atoms with E-state index < -0.39 is 111 Å². The molecule has 7 aromatic carbocycles. The van der Waals surface area contributed by atoms with Gasteiger partial charge in [-0.25, -0.2) is 36.5 Å². The Balaban J connectivity index is 0.000000380. The van der Waals surface area contributed by atoms with Crippen molar-refractivity contribution in [1.82, 2.24) is 50.0 Å². The molecule has 0 bridgehead atoms. The van der Waals surface area contributed by atoms with Gasteiger partial charge in [-0.3, -0.25) is 23.7 Å². The quantitative estimate of drug-likeness (QED) is 0.00544. The molecule has 0 saturated carbocycles. The first kappa shape index (κ1) is 100. The van der Waals surface area contributed by atoms with Gasteiger partial charge in [-0.1, -0.05) is 87.4 Å². The number of halogens is 18. The number of carboxylic acid groups (broad SMARTS) is 1. The second kappa shape index (κ2) is 47.4. The van der Waals surface area contributed by atoms with E-state index in [0.29, 0.717) is 34.4 Å². The topological polar surface area (TPSA) is 444 Å². The third kappa shape index (κ3) is 33.1. The number of nitriles is 1. The number of rotatable bonds is 15. The van der Waals surface area contributed by atoms with E-state index in [1.807, 2.05) is 6.07 Å². The van der Waals surface area contributed by atoms with Crippen molar-refractivity contribution >= 4 is 64.7 Å². The average Bonchev–Trinajstić information content (AvgIpc) is 1.30. The summed E-state index contributed by atoms with van der Waals surface area (Å²) in [5.41, 5.74) is 6.39. The zero-order valence-corrected chi connectivity index (χ0v) is 63.6. The van der Waals surface area contributed by atoms with E-state index >= 15 is 0 Å². The average molecular weight is 1730 g/mol. The van der Waals surface area contributed by atoms with Crippen LogP contribution in [0.5, 0.6) is 0 Å². The molecule has 0 atom stereocenters. The second-order valence-electron chi connectivity index (χ2n) is 21.9. The maximum atomic E-state index is 13.3. The molecule has 120 heavy (non-hydrogen) atoms. The molecule has 29 nitrogen and oxygen atoms in total. The zero-order valence-electron chi connectivity index (χ0n) is 60.9. The molecule has 0 fully saturated rings. The molecule has 0 aliphatic rings. The van der Waals surface area contributed by atoms with Crippen LogP contribution in [0.1, 0.15) is 85.6 Å². The number of carbonyl (C=O) groups excluding carboxylic acids is 5. The third-order valence-corrected chi connectivity index (χ3v) is 13.7. The van der Waals surface area contributed by atoms with Crippen LogP contribution >= 0.6 is 11.6 Å². The first-order valence-electron chi connectivity index (χ1n) is 32.0. The number of ether oxygens (including phenoxy) is 2. The molecule has 0 unspecified atom stereocenters. The number of carbonyl (C=O) groups is 5. The van der Waals surface area contributed by atoms with Gasteiger partial charge in [0.15, 0.2) is 11.7 Å². The molecule has 0 aliphatic heterocycles. The van der Waals surface area contributed by atoms with Crippen molar-refractivity contribution in [1.29, 1.82) is 5.26 Å². The number of esters is 2. The predicted molar refractivity (Wildman–Crippen MR) is 376 cm³/mol. The normalized spacial score (nSPS) is 10.7.